The molecule has 3 aromatic carbocycles. The second-order valence-corrected chi connectivity index (χ2v) is 8.57. The second kappa shape index (κ2) is 9.92. The van der Waals surface area contributed by atoms with E-state index in [1.807, 2.05) is 24.3 Å². The van der Waals surface area contributed by atoms with Crippen LogP contribution in [0.2, 0.25) is 20.1 Å². The molecule has 0 aliphatic heterocycles. The van der Waals surface area contributed by atoms with Gasteiger partial charge in [-0.25, -0.2) is 9.97 Å². The Bertz CT molecular complexity index is 1310. The molecule has 0 spiro atoms. The Morgan fingerprint density at radius 3 is 1.88 bits per heavy atom. The number of hydrogen-bond acceptors (Lipinski definition) is 4. The molecular weight excluding hydrogens is 490 g/mol. The van der Waals surface area contributed by atoms with Crippen LogP contribution in [0.1, 0.15) is 21.6 Å². The molecule has 0 saturated heterocycles. The number of fused-ring (bicyclic) bond motifs is 1. The molecule has 0 atom stereocenters. The predicted octanol–water partition coefficient (Wildman–Crippen LogP) is 6.79. The van der Waals surface area contributed by atoms with Crippen molar-refractivity contribution in [3.63, 3.8) is 0 Å². The molecule has 5 nitrogen and oxygen atoms in total. The Labute approximate surface area is 204 Å². The number of aromatic nitrogens is 2. The molecule has 0 saturated carbocycles. The molecule has 0 unspecified atom stereocenters. The molecule has 1 amide bonds. The van der Waals surface area contributed by atoms with E-state index in [9.17, 15) is 4.79 Å². The number of carbonyl (C=O) groups excluding carboxylic acids is 1. The molecule has 4 rings (SSSR count). The normalized spacial score (nSPS) is 10.9. The molecule has 1 aromatic heterocycles. The summed E-state index contributed by atoms with van der Waals surface area (Å²) in [5.41, 5.74) is 3.17. The van der Waals surface area contributed by atoms with Gasteiger partial charge >= 0.3 is 0 Å². The van der Waals surface area contributed by atoms with Crippen molar-refractivity contribution in [3.8, 4) is 0 Å². The van der Waals surface area contributed by atoms with Crippen molar-refractivity contribution in [2.24, 2.45) is 0 Å². The van der Waals surface area contributed by atoms with Gasteiger partial charge in [0.05, 0.1) is 31.1 Å². The highest BCUT2D eigenvalue weighted by Crippen LogP contribution is 2.24. The van der Waals surface area contributed by atoms with Crippen LogP contribution in [0, 0.1) is 0 Å². The number of nitrogens with zero attached hydrogens (tertiary/aromatic N) is 2. The smallest absolute Gasteiger partial charge is 0.274 e. The first-order chi connectivity index (χ1) is 15.4. The summed E-state index contributed by atoms with van der Waals surface area (Å²) in [6, 6.07) is 17.9. The number of halogens is 4. The van der Waals surface area contributed by atoms with Gasteiger partial charge < -0.3 is 10.6 Å². The van der Waals surface area contributed by atoms with Crippen LogP contribution in [0.3, 0.4) is 0 Å². The summed E-state index contributed by atoms with van der Waals surface area (Å²) in [5, 5.41) is 7.86. The van der Waals surface area contributed by atoms with Crippen molar-refractivity contribution in [1.29, 1.82) is 0 Å². The van der Waals surface area contributed by atoms with E-state index in [-0.39, 0.29) is 18.1 Å². The third-order valence-electron chi connectivity index (χ3n) is 4.67. The van der Waals surface area contributed by atoms with E-state index in [1.54, 1.807) is 36.4 Å². The van der Waals surface area contributed by atoms with E-state index < -0.39 is 0 Å². The Morgan fingerprint density at radius 1 is 0.719 bits per heavy atom. The second-order valence-electron chi connectivity index (χ2n) is 6.94. The quantitative estimate of drug-likeness (QED) is 0.303. The van der Waals surface area contributed by atoms with Gasteiger partial charge in [0.2, 0.25) is 0 Å². The van der Waals surface area contributed by atoms with Crippen molar-refractivity contribution in [1.82, 2.24) is 15.3 Å². The number of rotatable bonds is 6. The summed E-state index contributed by atoms with van der Waals surface area (Å²) >= 11 is 24.1. The molecule has 0 aliphatic rings. The van der Waals surface area contributed by atoms with Gasteiger partial charge in [-0.1, -0.05) is 70.7 Å². The standard InChI is InChI=1S/C23H16Cl4N4O/c24-15-7-5-13(9-17(15)26)11-28-22-21(30-19-3-1-2-4-20(19)31-22)23(32)29-12-14-6-8-16(25)18(27)10-14/h1-10H,11-12H2,(H,28,31)(H,29,32). The third-order valence-corrected chi connectivity index (χ3v) is 6.14. The number of carbonyl (C=O) groups is 1. The van der Waals surface area contributed by atoms with Crippen molar-refractivity contribution >= 4 is 69.2 Å². The monoisotopic (exact) mass is 504 g/mol. The van der Waals surface area contributed by atoms with Crippen molar-refractivity contribution in [2.75, 3.05) is 5.32 Å². The summed E-state index contributed by atoms with van der Waals surface area (Å²) in [6.45, 7) is 0.646. The number of nitrogens with one attached hydrogen (secondary N) is 2. The van der Waals surface area contributed by atoms with Gasteiger partial charge in [0.1, 0.15) is 0 Å². The SMILES string of the molecule is O=C(NCc1ccc(Cl)c(Cl)c1)c1nc2ccccc2nc1NCc1ccc(Cl)c(Cl)c1. The van der Waals surface area contributed by atoms with E-state index >= 15 is 0 Å². The molecular formula is C23H16Cl4N4O. The van der Waals surface area contributed by atoms with Crippen molar-refractivity contribution in [3.05, 3.63) is 97.6 Å². The summed E-state index contributed by atoms with van der Waals surface area (Å²) in [7, 11) is 0. The van der Waals surface area contributed by atoms with Crippen LogP contribution in [-0.4, -0.2) is 15.9 Å². The van der Waals surface area contributed by atoms with Gasteiger partial charge in [-0.2, -0.15) is 0 Å². The molecule has 0 aliphatic carbocycles. The molecule has 0 bridgehead atoms. The van der Waals surface area contributed by atoms with E-state index in [4.69, 9.17) is 46.4 Å². The number of anilines is 1. The van der Waals surface area contributed by atoms with Crippen molar-refractivity contribution in [2.45, 2.75) is 13.1 Å². The molecule has 1 heterocycles. The number of benzene rings is 3. The first-order valence-electron chi connectivity index (χ1n) is 9.57. The van der Waals surface area contributed by atoms with E-state index in [0.717, 1.165) is 11.1 Å². The molecule has 9 heteroatoms. The molecule has 2 N–H and O–H groups in total. The fourth-order valence-electron chi connectivity index (χ4n) is 3.03. The van der Waals surface area contributed by atoms with Crippen LogP contribution < -0.4 is 10.6 Å². The fraction of sp³-hybridized carbons (Fsp3) is 0.0870. The Balaban J connectivity index is 1.58. The lowest BCUT2D eigenvalue weighted by Crippen LogP contribution is -2.25. The Kier molecular flexibility index (Phi) is 7.01. The molecule has 32 heavy (non-hydrogen) atoms. The first kappa shape index (κ1) is 22.6. The van der Waals surface area contributed by atoms with Crippen LogP contribution >= 0.6 is 46.4 Å². The summed E-state index contributed by atoms with van der Waals surface area (Å²) < 4.78 is 0. The lowest BCUT2D eigenvalue weighted by atomic mass is 10.2. The maximum absolute atomic E-state index is 13.0. The zero-order chi connectivity index (χ0) is 22.7. The highest BCUT2D eigenvalue weighted by Gasteiger charge is 2.17. The van der Waals surface area contributed by atoms with Gasteiger partial charge in [-0.15, -0.1) is 0 Å². The topological polar surface area (TPSA) is 66.9 Å². The Hall–Kier alpha value is -2.57. The van der Waals surface area contributed by atoms with Crippen LogP contribution in [0.5, 0.6) is 0 Å². The zero-order valence-electron chi connectivity index (χ0n) is 16.5. The minimum Gasteiger partial charge on any atom is -0.364 e. The summed E-state index contributed by atoms with van der Waals surface area (Å²) in [6.07, 6.45) is 0. The lowest BCUT2D eigenvalue weighted by Gasteiger charge is -2.13. The van der Waals surface area contributed by atoms with Gasteiger partial charge in [0, 0.05) is 13.1 Å². The average Bonchev–Trinajstić information content (AvgIpc) is 2.79. The first-order valence-corrected chi connectivity index (χ1v) is 11.1. The van der Waals surface area contributed by atoms with E-state index in [1.165, 1.54) is 0 Å². The van der Waals surface area contributed by atoms with Crippen LogP contribution in [0.4, 0.5) is 5.82 Å². The third kappa shape index (κ3) is 5.25. The van der Waals surface area contributed by atoms with Gasteiger partial charge in [-0.3, -0.25) is 4.79 Å². The maximum Gasteiger partial charge on any atom is 0.274 e. The minimum atomic E-state index is -0.369. The zero-order valence-corrected chi connectivity index (χ0v) is 19.5. The highest BCUT2D eigenvalue weighted by atomic mass is 35.5. The maximum atomic E-state index is 13.0. The van der Waals surface area contributed by atoms with Crippen LogP contribution in [0.15, 0.2) is 60.7 Å². The van der Waals surface area contributed by atoms with Gasteiger partial charge in [0.15, 0.2) is 11.5 Å². The lowest BCUT2D eigenvalue weighted by molar-refractivity contribution is 0.0947. The summed E-state index contributed by atoms with van der Waals surface area (Å²) in [5.74, 6) is -0.00706. The van der Waals surface area contributed by atoms with Crippen LogP contribution in [0.25, 0.3) is 11.0 Å². The highest BCUT2D eigenvalue weighted by molar-refractivity contribution is 6.42. The predicted molar refractivity (Wildman–Crippen MR) is 131 cm³/mol. The largest absolute Gasteiger partial charge is 0.364 e. The van der Waals surface area contributed by atoms with Crippen LogP contribution in [-0.2, 0) is 13.1 Å². The van der Waals surface area contributed by atoms with Crippen molar-refractivity contribution < 1.29 is 4.79 Å². The molecule has 4 aromatic rings. The molecule has 162 valence electrons. The summed E-state index contributed by atoms with van der Waals surface area (Å²) in [4.78, 5) is 22.1. The average molecular weight is 506 g/mol. The molecule has 0 radical (unpaired) electrons. The fourth-order valence-corrected chi connectivity index (χ4v) is 3.67. The van der Waals surface area contributed by atoms with Gasteiger partial charge in [0.25, 0.3) is 5.91 Å². The number of para-hydroxylation sites is 2. The van der Waals surface area contributed by atoms with E-state index in [0.29, 0.717) is 43.5 Å². The molecule has 0 fully saturated rings. The number of amides is 1. The van der Waals surface area contributed by atoms with E-state index in [2.05, 4.69) is 20.6 Å². The Morgan fingerprint density at radius 2 is 1.28 bits per heavy atom. The number of hydrogen-bond donors (Lipinski definition) is 2. The van der Waals surface area contributed by atoms with Gasteiger partial charge in [-0.05, 0) is 47.5 Å². The minimum absolute atomic E-state index is 0.184.